The van der Waals surface area contributed by atoms with Crippen molar-refractivity contribution >= 4 is 96.2 Å². The van der Waals surface area contributed by atoms with Crippen molar-refractivity contribution in [1.29, 1.82) is 0 Å². The number of anilines is 9. The summed E-state index contributed by atoms with van der Waals surface area (Å²) in [5.74, 6) is 0. The molecule has 0 saturated carbocycles. The van der Waals surface area contributed by atoms with Gasteiger partial charge in [-0.2, -0.15) is 0 Å². The lowest BCUT2D eigenvalue weighted by Crippen LogP contribution is -2.61. The van der Waals surface area contributed by atoms with E-state index in [1.165, 1.54) is 72.3 Å². The Morgan fingerprint density at radius 2 is 0.719 bits per heavy atom. The van der Waals surface area contributed by atoms with Crippen molar-refractivity contribution in [3.8, 4) is 22.3 Å². The molecule has 0 fully saturated rings. The van der Waals surface area contributed by atoms with E-state index in [0.29, 0.717) is 0 Å². The van der Waals surface area contributed by atoms with Crippen LogP contribution in [0, 0.1) is 0 Å². The van der Waals surface area contributed by atoms with Gasteiger partial charge in [-0.05, 0) is 183 Å². The van der Waals surface area contributed by atoms with E-state index in [-0.39, 0.29) is 39.2 Å². The predicted molar refractivity (Wildman–Crippen MR) is 385 cm³/mol. The second kappa shape index (κ2) is 21.0. The van der Waals surface area contributed by atoms with E-state index in [4.69, 9.17) is 4.42 Å². The molecule has 0 radical (unpaired) electrons. The fourth-order valence-electron chi connectivity index (χ4n) is 13.6. The fraction of sp³-hybridized carbons (Fsp3) is 0.286. The van der Waals surface area contributed by atoms with Crippen LogP contribution in [0.1, 0.15) is 158 Å². The number of hydrogen-bond donors (Lipinski definition) is 0. The summed E-state index contributed by atoms with van der Waals surface area (Å²) in [5.41, 5.74) is 27.7. The zero-order valence-corrected chi connectivity index (χ0v) is 56.0. The van der Waals surface area contributed by atoms with Gasteiger partial charge in [0.15, 0.2) is 5.58 Å². The number of furan rings is 1. The third-order valence-electron chi connectivity index (χ3n) is 19.0. The van der Waals surface area contributed by atoms with Gasteiger partial charge in [0.25, 0.3) is 6.71 Å². The lowest BCUT2D eigenvalue weighted by molar-refractivity contribution is 0.590. The zero-order chi connectivity index (χ0) is 63.1. The molecule has 0 aliphatic carbocycles. The van der Waals surface area contributed by atoms with Gasteiger partial charge in [-0.15, -0.1) is 0 Å². The molecule has 0 bridgehead atoms. The maximum atomic E-state index is 7.07. The minimum Gasteiger partial charge on any atom is -0.454 e. The first-order chi connectivity index (χ1) is 41.9. The Kier molecular flexibility index (Phi) is 14.1. The molecule has 11 aromatic rings. The van der Waals surface area contributed by atoms with Gasteiger partial charge in [-0.1, -0.05) is 252 Å². The molecular weight excluding hydrogens is 1080 g/mol. The highest BCUT2D eigenvalue weighted by Crippen LogP contribution is 2.52. The van der Waals surface area contributed by atoms with Crippen molar-refractivity contribution in [2.24, 2.45) is 0 Å². The van der Waals surface area contributed by atoms with Crippen LogP contribution >= 0.6 is 0 Å². The maximum Gasteiger partial charge on any atom is 0.252 e. The molecule has 0 spiro atoms. The van der Waals surface area contributed by atoms with E-state index < -0.39 is 0 Å². The van der Waals surface area contributed by atoms with Gasteiger partial charge < -0.3 is 19.1 Å². The number of para-hydroxylation sites is 2. The topological polar surface area (TPSA) is 22.9 Å². The molecule has 0 amide bonds. The molecule has 448 valence electrons. The Hall–Kier alpha value is -8.54. The number of hydrogen-bond acceptors (Lipinski definition) is 4. The average molecular weight is 1170 g/mol. The van der Waals surface area contributed by atoms with Crippen LogP contribution in [0.15, 0.2) is 211 Å². The molecule has 0 N–H and O–H groups in total. The van der Waals surface area contributed by atoms with Crippen LogP contribution in [0.25, 0.3) is 44.2 Å². The Morgan fingerprint density at radius 3 is 1.18 bits per heavy atom. The van der Waals surface area contributed by atoms with E-state index in [9.17, 15) is 0 Å². The molecule has 4 nitrogen and oxygen atoms in total. The molecule has 10 aromatic carbocycles. The minimum absolute atomic E-state index is 0.0115. The van der Waals surface area contributed by atoms with Crippen LogP contribution in [0.3, 0.4) is 0 Å². The number of nitrogens with zero attached hydrogens (tertiary/aromatic N) is 3. The highest BCUT2D eigenvalue weighted by molar-refractivity contribution is 7.00. The normalized spacial score (nSPS) is 13.7. The monoisotopic (exact) mass is 1170 g/mol. The summed E-state index contributed by atoms with van der Waals surface area (Å²) in [4.78, 5) is 7.68. The average Bonchev–Trinajstić information content (AvgIpc) is 0.975. The second-order valence-electron chi connectivity index (χ2n) is 31.7. The van der Waals surface area contributed by atoms with Gasteiger partial charge in [0.2, 0.25) is 0 Å². The van der Waals surface area contributed by atoms with Gasteiger partial charge in [0.1, 0.15) is 5.58 Å². The first-order valence-electron chi connectivity index (χ1n) is 32.3. The molecular formula is C84H88BN3O. The Balaban J connectivity index is 1.18. The third kappa shape index (κ3) is 10.8. The van der Waals surface area contributed by atoms with E-state index in [2.05, 4.69) is 346 Å². The largest absolute Gasteiger partial charge is 0.454 e. The summed E-state index contributed by atoms with van der Waals surface area (Å²) in [6.45, 7) is 41.6. The quantitative estimate of drug-likeness (QED) is 0.148. The van der Waals surface area contributed by atoms with Crippen molar-refractivity contribution < 1.29 is 4.42 Å². The molecule has 0 atom stereocenters. The van der Waals surface area contributed by atoms with Gasteiger partial charge in [-0.3, -0.25) is 0 Å². The summed E-state index contributed by atoms with van der Waals surface area (Å²) in [7, 11) is 0. The molecule has 2 aliphatic rings. The van der Waals surface area contributed by atoms with E-state index in [0.717, 1.165) is 72.9 Å². The van der Waals surface area contributed by atoms with Crippen LogP contribution in [0.2, 0.25) is 0 Å². The van der Waals surface area contributed by atoms with E-state index in [1.807, 2.05) is 0 Å². The Labute approximate surface area is 531 Å². The molecule has 0 unspecified atom stereocenters. The third-order valence-corrected chi connectivity index (χ3v) is 19.0. The number of fused-ring (bicyclic) bond motifs is 7. The maximum absolute atomic E-state index is 7.07. The van der Waals surface area contributed by atoms with Crippen molar-refractivity contribution in [1.82, 2.24) is 0 Å². The molecule has 5 heteroatoms. The molecule has 2 aliphatic heterocycles. The van der Waals surface area contributed by atoms with Crippen LogP contribution in [-0.2, 0) is 32.5 Å². The molecule has 3 heterocycles. The van der Waals surface area contributed by atoms with Crippen molar-refractivity contribution in [2.45, 2.75) is 157 Å². The first-order valence-corrected chi connectivity index (χ1v) is 32.3. The number of rotatable bonds is 7. The Morgan fingerprint density at radius 1 is 0.315 bits per heavy atom. The van der Waals surface area contributed by atoms with Gasteiger partial charge >= 0.3 is 0 Å². The second-order valence-corrected chi connectivity index (χ2v) is 31.7. The zero-order valence-electron chi connectivity index (χ0n) is 56.0. The fourth-order valence-corrected chi connectivity index (χ4v) is 13.6. The Bertz CT molecular complexity index is 4450. The summed E-state index contributed by atoms with van der Waals surface area (Å²) in [6.07, 6.45) is 0. The van der Waals surface area contributed by atoms with Gasteiger partial charge in [0, 0.05) is 50.6 Å². The SMILES string of the molecule is CC(C)(C)c1ccc(-c2cc(-c3ccc(C(C)(C)C)cc3)cc(N3c4ccc(C(C)(C)C)cc4B4c5cc(C(C)(C)C)ccc5N(c5ccc(C(C)(C)C)cc5)c5cc(N(c6ccc(C(C)(C)C)cc6)c6cccc7c6oc6ccccc67)cc3c54)c2)cc1. The summed E-state index contributed by atoms with van der Waals surface area (Å²) >= 11 is 0. The van der Waals surface area contributed by atoms with Crippen molar-refractivity contribution in [3.05, 3.63) is 240 Å². The predicted octanol–water partition coefficient (Wildman–Crippen LogP) is 22.3. The molecule has 13 rings (SSSR count). The van der Waals surface area contributed by atoms with Gasteiger partial charge in [0.05, 0.1) is 11.4 Å². The highest BCUT2D eigenvalue weighted by Gasteiger charge is 2.45. The number of benzene rings is 10. The van der Waals surface area contributed by atoms with Crippen LogP contribution in [-0.4, -0.2) is 6.71 Å². The van der Waals surface area contributed by atoms with Gasteiger partial charge in [-0.25, -0.2) is 0 Å². The van der Waals surface area contributed by atoms with Crippen LogP contribution in [0.4, 0.5) is 51.2 Å². The van der Waals surface area contributed by atoms with E-state index in [1.54, 1.807) is 0 Å². The first kappa shape index (κ1) is 59.4. The summed E-state index contributed by atoms with van der Waals surface area (Å²) in [5, 5.41) is 2.18. The molecule has 0 saturated heterocycles. The highest BCUT2D eigenvalue weighted by atomic mass is 16.3. The minimum atomic E-state index is -0.124. The summed E-state index contributed by atoms with van der Waals surface area (Å²) in [6, 6.07) is 79.5. The lowest BCUT2D eigenvalue weighted by atomic mass is 9.33. The standard InChI is InChI=1S/C84H88BN3O/c1-79(2,3)57-30-26-53(27-31-57)55-46-56(54-28-32-58(33-29-54)80(4,5)6)48-65(47-55)88-72-45-39-62(84(16,17)18)50-70(72)85-69-49-61(83(13,14)15)38-44-71(69)87(64-42-36-60(37-43-64)82(10,11)12)74-51-66(52-75(88)77(74)85)86(63-40-34-59(35-41-63)81(7,8)9)73-24-21-23-68-67-22-19-20-25-76(67)89-78(68)73/h19-52H,1-18H3. The molecule has 1 aromatic heterocycles. The van der Waals surface area contributed by atoms with Crippen LogP contribution < -0.4 is 31.1 Å². The van der Waals surface area contributed by atoms with Crippen molar-refractivity contribution in [2.75, 3.05) is 14.7 Å². The lowest BCUT2D eigenvalue weighted by Gasteiger charge is -2.45. The molecule has 89 heavy (non-hydrogen) atoms. The smallest absolute Gasteiger partial charge is 0.252 e. The van der Waals surface area contributed by atoms with E-state index >= 15 is 0 Å². The van der Waals surface area contributed by atoms with Crippen molar-refractivity contribution in [3.63, 3.8) is 0 Å². The van der Waals surface area contributed by atoms with Crippen LogP contribution in [0.5, 0.6) is 0 Å². The summed E-state index contributed by atoms with van der Waals surface area (Å²) < 4.78 is 7.07.